The maximum atomic E-state index is 14.2. The van der Waals surface area contributed by atoms with Gasteiger partial charge < -0.3 is 15.2 Å². The number of anilines is 1. The predicted molar refractivity (Wildman–Crippen MR) is 77.5 cm³/mol. The van der Waals surface area contributed by atoms with Crippen molar-refractivity contribution in [2.24, 2.45) is 0 Å². The normalized spacial score (nSPS) is 13.6. The summed E-state index contributed by atoms with van der Waals surface area (Å²) >= 11 is 0. The predicted octanol–water partition coefficient (Wildman–Crippen LogP) is 3.15. The van der Waals surface area contributed by atoms with Crippen LogP contribution in [0.5, 0.6) is 5.75 Å². The van der Waals surface area contributed by atoms with E-state index in [1.807, 2.05) is 30.3 Å². The summed E-state index contributed by atoms with van der Waals surface area (Å²) < 4.78 is 19.4. The first kappa shape index (κ1) is 14.3. The smallest absolute Gasteiger partial charge is 0.132 e. The number of aliphatic hydroxyl groups is 1. The molecule has 0 amide bonds. The van der Waals surface area contributed by atoms with Crippen LogP contribution < -0.4 is 10.1 Å². The summed E-state index contributed by atoms with van der Waals surface area (Å²) in [6.45, 7) is 1.47. The average molecular weight is 275 g/mol. The molecule has 0 heterocycles. The van der Waals surface area contributed by atoms with Crippen LogP contribution in [0.3, 0.4) is 0 Å². The van der Waals surface area contributed by atoms with Gasteiger partial charge in [-0.15, -0.1) is 0 Å². The molecule has 0 fully saturated rings. The van der Waals surface area contributed by atoms with Crippen molar-refractivity contribution >= 4 is 5.69 Å². The van der Waals surface area contributed by atoms with Crippen LogP contribution in [0.25, 0.3) is 0 Å². The van der Waals surface area contributed by atoms with E-state index < -0.39 is 11.4 Å². The van der Waals surface area contributed by atoms with Crippen molar-refractivity contribution in [2.45, 2.75) is 12.5 Å². The molecule has 0 aromatic heterocycles. The summed E-state index contributed by atoms with van der Waals surface area (Å²) in [5.41, 5.74) is 0.140. The van der Waals surface area contributed by atoms with E-state index in [2.05, 4.69) is 5.32 Å². The highest BCUT2D eigenvalue weighted by atomic mass is 19.1. The van der Waals surface area contributed by atoms with Crippen molar-refractivity contribution in [1.29, 1.82) is 0 Å². The molecule has 1 unspecified atom stereocenters. The zero-order valence-electron chi connectivity index (χ0n) is 11.6. The molecule has 0 aliphatic heterocycles. The van der Waals surface area contributed by atoms with Gasteiger partial charge in [0.15, 0.2) is 0 Å². The molecule has 0 aliphatic rings. The third kappa shape index (κ3) is 2.75. The number of aliphatic hydroxyl groups excluding tert-OH is 1. The summed E-state index contributed by atoms with van der Waals surface area (Å²) in [5.74, 6) is -0.00527. The Morgan fingerprint density at radius 2 is 1.85 bits per heavy atom. The largest absolute Gasteiger partial charge is 0.496 e. The van der Waals surface area contributed by atoms with Crippen LogP contribution in [0, 0.1) is 5.82 Å². The second kappa shape index (κ2) is 5.92. The maximum absolute atomic E-state index is 14.2. The SMILES string of the molecule is COc1cccc(F)c1C(C)(CO)Nc1ccccc1. The first-order chi connectivity index (χ1) is 9.60. The fourth-order valence-electron chi connectivity index (χ4n) is 2.23. The Morgan fingerprint density at radius 3 is 2.45 bits per heavy atom. The van der Waals surface area contributed by atoms with Crippen LogP contribution in [0.1, 0.15) is 12.5 Å². The van der Waals surface area contributed by atoms with E-state index in [1.54, 1.807) is 19.1 Å². The van der Waals surface area contributed by atoms with E-state index in [9.17, 15) is 9.50 Å². The number of hydrogen-bond acceptors (Lipinski definition) is 3. The standard InChI is InChI=1S/C16H18FNO2/c1-16(11-19,18-12-7-4-3-5-8-12)15-13(17)9-6-10-14(15)20-2/h3-10,18-19H,11H2,1-2H3. The molecule has 0 saturated carbocycles. The first-order valence-electron chi connectivity index (χ1n) is 6.38. The highest BCUT2D eigenvalue weighted by Crippen LogP contribution is 2.34. The van der Waals surface area contributed by atoms with Gasteiger partial charge in [-0.05, 0) is 31.2 Å². The number of para-hydroxylation sites is 1. The molecule has 2 rings (SSSR count). The van der Waals surface area contributed by atoms with Gasteiger partial charge in [0, 0.05) is 5.69 Å². The molecule has 2 aromatic rings. The maximum Gasteiger partial charge on any atom is 0.132 e. The topological polar surface area (TPSA) is 41.5 Å². The monoisotopic (exact) mass is 275 g/mol. The minimum atomic E-state index is -0.974. The molecule has 20 heavy (non-hydrogen) atoms. The van der Waals surface area contributed by atoms with Gasteiger partial charge in [0.1, 0.15) is 11.6 Å². The summed E-state index contributed by atoms with van der Waals surface area (Å²) in [4.78, 5) is 0. The fourth-order valence-corrected chi connectivity index (χ4v) is 2.23. The third-order valence-electron chi connectivity index (χ3n) is 3.26. The van der Waals surface area contributed by atoms with Crippen molar-refractivity contribution in [3.63, 3.8) is 0 Å². The van der Waals surface area contributed by atoms with Crippen LogP contribution >= 0.6 is 0 Å². The van der Waals surface area contributed by atoms with Gasteiger partial charge in [0.25, 0.3) is 0 Å². The Bertz CT molecular complexity index is 574. The van der Waals surface area contributed by atoms with Crippen molar-refractivity contribution in [3.05, 3.63) is 59.9 Å². The number of rotatable bonds is 5. The van der Waals surface area contributed by atoms with E-state index in [-0.39, 0.29) is 6.61 Å². The highest BCUT2D eigenvalue weighted by molar-refractivity contribution is 5.51. The van der Waals surface area contributed by atoms with Gasteiger partial charge in [-0.1, -0.05) is 24.3 Å². The number of halogens is 1. The van der Waals surface area contributed by atoms with E-state index in [1.165, 1.54) is 13.2 Å². The zero-order chi connectivity index (χ0) is 14.6. The van der Waals surface area contributed by atoms with Crippen molar-refractivity contribution in [1.82, 2.24) is 0 Å². The van der Waals surface area contributed by atoms with E-state index in [0.29, 0.717) is 11.3 Å². The number of methoxy groups -OCH3 is 1. The average Bonchev–Trinajstić information content (AvgIpc) is 2.47. The van der Waals surface area contributed by atoms with Gasteiger partial charge in [0.05, 0.1) is 24.8 Å². The molecule has 106 valence electrons. The Balaban J connectivity index is 2.45. The molecule has 0 radical (unpaired) electrons. The number of benzene rings is 2. The second-order valence-electron chi connectivity index (χ2n) is 4.80. The first-order valence-corrected chi connectivity index (χ1v) is 6.38. The molecule has 0 bridgehead atoms. The number of ether oxygens (including phenoxy) is 1. The minimum absolute atomic E-state index is 0.265. The molecule has 0 saturated heterocycles. The lowest BCUT2D eigenvalue weighted by Crippen LogP contribution is -2.37. The summed E-state index contributed by atoms with van der Waals surface area (Å²) in [5, 5.41) is 12.9. The number of hydrogen-bond donors (Lipinski definition) is 2. The second-order valence-corrected chi connectivity index (χ2v) is 4.80. The zero-order valence-corrected chi connectivity index (χ0v) is 11.6. The van der Waals surface area contributed by atoms with Gasteiger partial charge in [-0.3, -0.25) is 0 Å². The highest BCUT2D eigenvalue weighted by Gasteiger charge is 2.32. The van der Waals surface area contributed by atoms with Gasteiger partial charge in [-0.2, -0.15) is 0 Å². The van der Waals surface area contributed by atoms with Gasteiger partial charge in [0.2, 0.25) is 0 Å². The van der Waals surface area contributed by atoms with Crippen LogP contribution in [-0.2, 0) is 5.54 Å². The minimum Gasteiger partial charge on any atom is -0.496 e. The summed E-state index contributed by atoms with van der Waals surface area (Å²) in [6.07, 6.45) is 0. The fraction of sp³-hybridized carbons (Fsp3) is 0.250. The quantitative estimate of drug-likeness (QED) is 0.880. The molecule has 2 aromatic carbocycles. The Kier molecular flexibility index (Phi) is 4.25. The lowest BCUT2D eigenvalue weighted by atomic mass is 9.91. The third-order valence-corrected chi connectivity index (χ3v) is 3.26. The van der Waals surface area contributed by atoms with Crippen LogP contribution in [0.15, 0.2) is 48.5 Å². The molecule has 0 aliphatic carbocycles. The lowest BCUT2D eigenvalue weighted by Gasteiger charge is -2.32. The summed E-state index contributed by atoms with van der Waals surface area (Å²) in [7, 11) is 1.48. The van der Waals surface area contributed by atoms with E-state index in [0.717, 1.165) is 5.69 Å². The molecular formula is C16H18FNO2. The Labute approximate surface area is 118 Å². The van der Waals surface area contributed by atoms with Crippen LogP contribution in [0.2, 0.25) is 0 Å². The van der Waals surface area contributed by atoms with Crippen molar-refractivity contribution in [2.75, 3.05) is 19.0 Å². The molecule has 0 spiro atoms. The van der Waals surface area contributed by atoms with Gasteiger partial charge >= 0.3 is 0 Å². The number of nitrogens with one attached hydrogen (secondary N) is 1. The van der Waals surface area contributed by atoms with Gasteiger partial charge in [-0.25, -0.2) is 4.39 Å². The lowest BCUT2D eigenvalue weighted by molar-refractivity contribution is 0.216. The Hall–Kier alpha value is -2.07. The molecule has 1 atom stereocenters. The summed E-state index contributed by atoms with van der Waals surface area (Å²) in [6, 6.07) is 14.0. The van der Waals surface area contributed by atoms with Crippen LogP contribution in [0.4, 0.5) is 10.1 Å². The van der Waals surface area contributed by atoms with E-state index in [4.69, 9.17) is 4.74 Å². The molecule has 3 nitrogen and oxygen atoms in total. The van der Waals surface area contributed by atoms with E-state index >= 15 is 0 Å². The van der Waals surface area contributed by atoms with Crippen molar-refractivity contribution in [3.8, 4) is 5.75 Å². The van der Waals surface area contributed by atoms with Crippen LogP contribution in [-0.4, -0.2) is 18.8 Å². The van der Waals surface area contributed by atoms with Crippen molar-refractivity contribution < 1.29 is 14.2 Å². The molecule has 2 N–H and O–H groups in total. The Morgan fingerprint density at radius 1 is 1.15 bits per heavy atom. The molecule has 4 heteroatoms. The molecular weight excluding hydrogens is 257 g/mol.